The molecule has 1 saturated heterocycles. The van der Waals surface area contributed by atoms with Gasteiger partial charge in [-0.25, -0.2) is 9.69 Å². The summed E-state index contributed by atoms with van der Waals surface area (Å²) in [7, 11) is 1.54. The number of nitrogens with one attached hydrogen (secondary N) is 1. The number of carbonyl (C=O) groups is 3. The topological polar surface area (TPSA) is 94.2 Å². The van der Waals surface area contributed by atoms with Crippen LogP contribution in [0.15, 0.2) is 66.7 Å². The van der Waals surface area contributed by atoms with Crippen LogP contribution in [-0.2, 0) is 33.7 Å². The fourth-order valence-corrected chi connectivity index (χ4v) is 5.19. The standard InChI is InChI=1S/C31H32Cl2N2O6/c1-19(2)41-28(30(37)35-24(18-40-31(35)38)14-20-7-5-4-6-8-20)15-21-9-12-27(39-3)22(13-21)17-34-29(36)25-11-10-23(32)16-26(25)33/h4-13,16,19,24,28H,14-15,17-18H2,1-3H3,(H,34,36). The Bertz CT molecular complexity index is 1400. The first-order valence-electron chi connectivity index (χ1n) is 13.2. The summed E-state index contributed by atoms with van der Waals surface area (Å²) in [5.74, 6) is -0.257. The van der Waals surface area contributed by atoms with E-state index in [9.17, 15) is 14.4 Å². The fourth-order valence-electron chi connectivity index (χ4n) is 4.70. The number of nitrogens with zero attached hydrogens (tertiary/aromatic N) is 1. The quantitative estimate of drug-likeness (QED) is 0.297. The van der Waals surface area contributed by atoms with Gasteiger partial charge < -0.3 is 19.5 Å². The molecule has 216 valence electrons. The van der Waals surface area contributed by atoms with E-state index in [-0.39, 0.29) is 36.6 Å². The molecule has 4 rings (SSSR count). The van der Waals surface area contributed by atoms with Crippen LogP contribution < -0.4 is 10.1 Å². The lowest BCUT2D eigenvalue weighted by molar-refractivity contribution is -0.144. The first-order chi connectivity index (χ1) is 19.7. The van der Waals surface area contributed by atoms with Crippen LogP contribution in [0.4, 0.5) is 4.79 Å². The van der Waals surface area contributed by atoms with Crippen molar-refractivity contribution in [2.24, 2.45) is 0 Å². The van der Waals surface area contributed by atoms with E-state index in [4.69, 9.17) is 37.4 Å². The van der Waals surface area contributed by atoms with E-state index < -0.39 is 24.1 Å². The van der Waals surface area contributed by atoms with Gasteiger partial charge in [0.25, 0.3) is 11.8 Å². The van der Waals surface area contributed by atoms with Crippen molar-refractivity contribution in [2.75, 3.05) is 13.7 Å². The third-order valence-electron chi connectivity index (χ3n) is 6.61. The second-order valence-corrected chi connectivity index (χ2v) is 10.8. The van der Waals surface area contributed by atoms with E-state index >= 15 is 0 Å². The van der Waals surface area contributed by atoms with Crippen molar-refractivity contribution in [1.82, 2.24) is 10.2 Å². The molecule has 3 aromatic carbocycles. The minimum absolute atomic E-state index is 0.123. The smallest absolute Gasteiger partial charge is 0.417 e. The maximum absolute atomic E-state index is 13.7. The number of cyclic esters (lactones) is 1. The summed E-state index contributed by atoms with van der Waals surface area (Å²) in [6.45, 7) is 3.94. The summed E-state index contributed by atoms with van der Waals surface area (Å²) >= 11 is 12.1. The molecule has 2 unspecified atom stereocenters. The number of benzene rings is 3. The predicted octanol–water partition coefficient (Wildman–Crippen LogP) is 5.86. The summed E-state index contributed by atoms with van der Waals surface area (Å²) in [4.78, 5) is 40.3. The third kappa shape index (κ3) is 7.79. The zero-order valence-electron chi connectivity index (χ0n) is 23.1. The van der Waals surface area contributed by atoms with E-state index in [0.717, 1.165) is 11.1 Å². The molecule has 0 bridgehead atoms. The minimum Gasteiger partial charge on any atom is -0.496 e. The molecule has 2 atom stereocenters. The van der Waals surface area contributed by atoms with Gasteiger partial charge in [0, 0.05) is 23.6 Å². The van der Waals surface area contributed by atoms with Gasteiger partial charge in [0.15, 0.2) is 0 Å². The number of halogens is 2. The summed E-state index contributed by atoms with van der Waals surface area (Å²) < 4.78 is 16.8. The number of imide groups is 1. The number of hydrogen-bond donors (Lipinski definition) is 1. The molecular weight excluding hydrogens is 567 g/mol. The molecule has 1 N–H and O–H groups in total. The van der Waals surface area contributed by atoms with E-state index in [1.807, 2.05) is 56.3 Å². The van der Waals surface area contributed by atoms with Crippen LogP contribution in [-0.4, -0.2) is 54.8 Å². The van der Waals surface area contributed by atoms with E-state index in [1.54, 1.807) is 18.2 Å². The lowest BCUT2D eigenvalue weighted by Crippen LogP contribution is -2.47. The van der Waals surface area contributed by atoms with E-state index in [1.165, 1.54) is 18.1 Å². The van der Waals surface area contributed by atoms with Gasteiger partial charge in [0.2, 0.25) is 0 Å². The molecule has 0 saturated carbocycles. The summed E-state index contributed by atoms with van der Waals surface area (Å²) in [6, 6.07) is 19.3. The van der Waals surface area contributed by atoms with Crippen LogP contribution in [0, 0.1) is 0 Å². The van der Waals surface area contributed by atoms with Crippen molar-refractivity contribution in [3.05, 3.63) is 99.0 Å². The highest BCUT2D eigenvalue weighted by molar-refractivity contribution is 6.36. The van der Waals surface area contributed by atoms with E-state index in [2.05, 4.69) is 5.32 Å². The monoisotopic (exact) mass is 598 g/mol. The average Bonchev–Trinajstić information content (AvgIpc) is 3.30. The third-order valence-corrected chi connectivity index (χ3v) is 7.15. The molecule has 3 aromatic rings. The highest BCUT2D eigenvalue weighted by atomic mass is 35.5. The molecule has 0 radical (unpaired) electrons. The van der Waals surface area contributed by atoms with Gasteiger partial charge in [-0.05, 0) is 55.7 Å². The predicted molar refractivity (Wildman–Crippen MR) is 156 cm³/mol. The lowest BCUT2D eigenvalue weighted by atomic mass is 10.0. The Morgan fingerprint density at radius 1 is 1.05 bits per heavy atom. The molecule has 0 aliphatic carbocycles. The van der Waals surface area contributed by atoms with Gasteiger partial charge in [-0.15, -0.1) is 0 Å². The number of ether oxygens (including phenoxy) is 3. The summed E-state index contributed by atoms with van der Waals surface area (Å²) in [5.41, 5.74) is 2.76. The van der Waals surface area contributed by atoms with Gasteiger partial charge in [-0.1, -0.05) is 65.7 Å². The first-order valence-corrected chi connectivity index (χ1v) is 14.0. The van der Waals surface area contributed by atoms with Crippen LogP contribution in [0.3, 0.4) is 0 Å². The summed E-state index contributed by atoms with van der Waals surface area (Å²) in [6.07, 6.45) is -1.19. The van der Waals surface area contributed by atoms with Gasteiger partial charge >= 0.3 is 6.09 Å². The van der Waals surface area contributed by atoms with Crippen LogP contribution in [0.2, 0.25) is 10.0 Å². The van der Waals surface area contributed by atoms with Crippen molar-refractivity contribution >= 4 is 41.1 Å². The van der Waals surface area contributed by atoms with Crippen molar-refractivity contribution in [3.63, 3.8) is 0 Å². The Labute approximate surface area is 249 Å². The highest BCUT2D eigenvalue weighted by Crippen LogP contribution is 2.25. The Morgan fingerprint density at radius 3 is 2.49 bits per heavy atom. The number of methoxy groups -OCH3 is 1. The van der Waals surface area contributed by atoms with Crippen molar-refractivity contribution < 1.29 is 28.6 Å². The number of hydrogen-bond acceptors (Lipinski definition) is 6. The van der Waals surface area contributed by atoms with Crippen molar-refractivity contribution in [1.29, 1.82) is 0 Å². The van der Waals surface area contributed by atoms with Gasteiger partial charge in [-0.2, -0.15) is 0 Å². The molecule has 1 fully saturated rings. The Hall–Kier alpha value is -3.59. The molecule has 10 heteroatoms. The Kier molecular flexibility index (Phi) is 10.3. The van der Waals surface area contributed by atoms with Crippen LogP contribution in [0.5, 0.6) is 5.75 Å². The zero-order chi connectivity index (χ0) is 29.5. The SMILES string of the molecule is COc1ccc(CC(OC(C)C)C(=O)N2C(=O)OCC2Cc2ccccc2)cc1CNC(=O)c1ccc(Cl)cc1Cl. The number of carbonyl (C=O) groups excluding carboxylic acids is 3. The van der Waals surface area contributed by atoms with Crippen LogP contribution in [0.25, 0.3) is 0 Å². The second-order valence-electron chi connectivity index (χ2n) is 9.96. The Morgan fingerprint density at radius 2 is 1.80 bits per heavy atom. The lowest BCUT2D eigenvalue weighted by Gasteiger charge is -2.26. The maximum atomic E-state index is 13.7. The van der Waals surface area contributed by atoms with Gasteiger partial charge in [-0.3, -0.25) is 9.59 Å². The minimum atomic E-state index is -0.928. The molecule has 1 heterocycles. The van der Waals surface area contributed by atoms with E-state index in [0.29, 0.717) is 28.3 Å². The van der Waals surface area contributed by atoms with Crippen LogP contribution in [0.1, 0.15) is 40.9 Å². The number of amides is 3. The van der Waals surface area contributed by atoms with Crippen molar-refractivity contribution in [2.45, 2.75) is 51.5 Å². The average molecular weight is 600 g/mol. The number of rotatable bonds is 11. The zero-order valence-corrected chi connectivity index (χ0v) is 24.6. The van der Waals surface area contributed by atoms with Crippen LogP contribution >= 0.6 is 23.2 Å². The normalized spacial score (nSPS) is 15.5. The molecule has 3 amide bonds. The largest absolute Gasteiger partial charge is 0.496 e. The van der Waals surface area contributed by atoms with Gasteiger partial charge in [0.1, 0.15) is 18.5 Å². The fraction of sp³-hybridized carbons (Fsp3) is 0.323. The maximum Gasteiger partial charge on any atom is 0.417 e. The molecule has 8 nitrogen and oxygen atoms in total. The second kappa shape index (κ2) is 13.9. The molecular formula is C31H32Cl2N2O6. The molecule has 1 aliphatic rings. The summed E-state index contributed by atoms with van der Waals surface area (Å²) in [5, 5.41) is 3.53. The van der Waals surface area contributed by atoms with Crippen molar-refractivity contribution in [3.8, 4) is 5.75 Å². The highest BCUT2D eigenvalue weighted by Gasteiger charge is 2.41. The molecule has 0 aromatic heterocycles. The molecule has 1 aliphatic heterocycles. The van der Waals surface area contributed by atoms with Gasteiger partial charge in [0.05, 0.1) is 29.8 Å². The Balaban J connectivity index is 1.51. The molecule has 0 spiro atoms. The first kappa shape index (κ1) is 30.4. The molecule has 41 heavy (non-hydrogen) atoms.